The molecule has 2 aliphatic rings. The minimum Gasteiger partial charge on any atom is -0.375 e. The highest BCUT2D eigenvalue weighted by Crippen LogP contribution is 2.10. The van der Waals surface area contributed by atoms with E-state index in [1.54, 1.807) is 0 Å². The first-order valence-corrected chi connectivity index (χ1v) is 7.47. The number of carbonyl (C=O) groups is 2. The number of hydrogen-bond donors (Lipinski definition) is 1. The van der Waals surface area contributed by atoms with Gasteiger partial charge in [-0.3, -0.25) is 9.59 Å². The van der Waals surface area contributed by atoms with Gasteiger partial charge in [0.1, 0.15) is 0 Å². The SMILES string of the molecule is CC(C)C(=O)N1CCN(C(=O)CC2CNCCO2)CC1. The van der Waals surface area contributed by atoms with Gasteiger partial charge in [0.25, 0.3) is 0 Å². The molecule has 0 aromatic carbocycles. The van der Waals surface area contributed by atoms with E-state index in [9.17, 15) is 9.59 Å². The normalized spacial score (nSPS) is 24.1. The molecule has 6 heteroatoms. The Balaban J connectivity index is 1.75. The topological polar surface area (TPSA) is 61.9 Å². The zero-order chi connectivity index (χ0) is 14.5. The summed E-state index contributed by atoms with van der Waals surface area (Å²) in [4.78, 5) is 27.8. The Hall–Kier alpha value is -1.14. The molecule has 1 N–H and O–H groups in total. The molecule has 0 radical (unpaired) electrons. The Labute approximate surface area is 120 Å². The third-order valence-electron chi connectivity index (χ3n) is 3.84. The fraction of sp³-hybridized carbons (Fsp3) is 0.857. The van der Waals surface area contributed by atoms with E-state index in [4.69, 9.17) is 4.74 Å². The number of nitrogens with zero attached hydrogens (tertiary/aromatic N) is 2. The molecule has 0 spiro atoms. The molecule has 0 bridgehead atoms. The second-order valence-corrected chi connectivity index (χ2v) is 5.76. The molecule has 0 saturated carbocycles. The van der Waals surface area contributed by atoms with Crippen molar-refractivity contribution >= 4 is 11.8 Å². The van der Waals surface area contributed by atoms with E-state index in [-0.39, 0.29) is 23.8 Å². The van der Waals surface area contributed by atoms with Gasteiger partial charge in [0, 0.05) is 45.2 Å². The second kappa shape index (κ2) is 7.04. The van der Waals surface area contributed by atoms with Gasteiger partial charge in [-0.1, -0.05) is 13.8 Å². The molecule has 1 atom stereocenters. The summed E-state index contributed by atoms with van der Waals surface area (Å²) in [6, 6.07) is 0. The van der Waals surface area contributed by atoms with Crippen LogP contribution >= 0.6 is 0 Å². The van der Waals surface area contributed by atoms with Gasteiger partial charge in [0.2, 0.25) is 11.8 Å². The number of piperazine rings is 1. The molecule has 2 amide bonds. The lowest BCUT2D eigenvalue weighted by atomic mass is 10.1. The summed E-state index contributed by atoms with van der Waals surface area (Å²) in [5, 5.41) is 3.23. The van der Waals surface area contributed by atoms with Gasteiger partial charge in [-0.2, -0.15) is 0 Å². The van der Waals surface area contributed by atoms with Crippen LogP contribution in [0.4, 0.5) is 0 Å². The van der Waals surface area contributed by atoms with Crippen LogP contribution in [0.15, 0.2) is 0 Å². The van der Waals surface area contributed by atoms with Gasteiger partial charge >= 0.3 is 0 Å². The lowest BCUT2D eigenvalue weighted by Gasteiger charge is -2.36. The molecule has 0 aromatic heterocycles. The first kappa shape index (κ1) is 15.3. The first-order valence-electron chi connectivity index (χ1n) is 7.47. The Bertz CT molecular complexity index is 346. The van der Waals surface area contributed by atoms with E-state index in [2.05, 4.69) is 5.32 Å². The summed E-state index contributed by atoms with van der Waals surface area (Å²) in [6.45, 7) is 8.67. The van der Waals surface area contributed by atoms with E-state index < -0.39 is 0 Å². The molecule has 2 fully saturated rings. The average molecular weight is 283 g/mol. The predicted molar refractivity (Wildman–Crippen MR) is 75.2 cm³/mol. The summed E-state index contributed by atoms with van der Waals surface area (Å²) in [6.07, 6.45) is 0.428. The van der Waals surface area contributed by atoms with Gasteiger partial charge < -0.3 is 19.9 Å². The van der Waals surface area contributed by atoms with E-state index in [1.807, 2.05) is 23.6 Å². The second-order valence-electron chi connectivity index (χ2n) is 5.76. The van der Waals surface area contributed by atoms with Crippen molar-refractivity contribution in [3.63, 3.8) is 0 Å². The number of rotatable bonds is 3. The minimum atomic E-state index is -0.00780. The highest BCUT2D eigenvalue weighted by molar-refractivity contribution is 5.79. The molecule has 2 rings (SSSR count). The van der Waals surface area contributed by atoms with E-state index in [0.29, 0.717) is 39.2 Å². The largest absolute Gasteiger partial charge is 0.375 e. The smallest absolute Gasteiger partial charge is 0.225 e. The Morgan fingerprint density at radius 3 is 2.40 bits per heavy atom. The number of carbonyl (C=O) groups excluding carboxylic acids is 2. The van der Waals surface area contributed by atoms with Crippen LogP contribution in [0.3, 0.4) is 0 Å². The maximum atomic E-state index is 12.2. The van der Waals surface area contributed by atoms with Gasteiger partial charge in [-0.25, -0.2) is 0 Å². The summed E-state index contributed by atoms with van der Waals surface area (Å²) in [5.74, 6) is 0.339. The van der Waals surface area contributed by atoms with Crippen molar-refractivity contribution in [1.29, 1.82) is 0 Å². The molecule has 6 nitrogen and oxygen atoms in total. The van der Waals surface area contributed by atoms with Crippen LogP contribution in [0.25, 0.3) is 0 Å². The van der Waals surface area contributed by atoms with Gasteiger partial charge in [-0.05, 0) is 0 Å². The maximum Gasteiger partial charge on any atom is 0.225 e. The van der Waals surface area contributed by atoms with Crippen molar-refractivity contribution in [1.82, 2.24) is 15.1 Å². The molecular formula is C14H25N3O3. The highest BCUT2D eigenvalue weighted by Gasteiger charge is 2.27. The van der Waals surface area contributed by atoms with Gasteiger partial charge in [0.15, 0.2) is 0 Å². The highest BCUT2D eigenvalue weighted by atomic mass is 16.5. The molecule has 1 unspecified atom stereocenters. The van der Waals surface area contributed by atoms with Crippen LogP contribution in [0.1, 0.15) is 20.3 Å². The van der Waals surface area contributed by atoms with Gasteiger partial charge in [-0.15, -0.1) is 0 Å². The van der Waals surface area contributed by atoms with Crippen molar-refractivity contribution in [2.75, 3.05) is 45.9 Å². The van der Waals surface area contributed by atoms with Crippen molar-refractivity contribution in [2.24, 2.45) is 5.92 Å². The van der Waals surface area contributed by atoms with Crippen LogP contribution < -0.4 is 5.32 Å². The van der Waals surface area contributed by atoms with Crippen LogP contribution in [-0.2, 0) is 14.3 Å². The Morgan fingerprint density at radius 1 is 1.20 bits per heavy atom. The van der Waals surface area contributed by atoms with Crippen LogP contribution in [0, 0.1) is 5.92 Å². The zero-order valence-electron chi connectivity index (χ0n) is 12.4. The number of hydrogen-bond acceptors (Lipinski definition) is 4. The van der Waals surface area contributed by atoms with Crippen molar-refractivity contribution in [3.8, 4) is 0 Å². The fourth-order valence-electron chi connectivity index (χ4n) is 2.62. The van der Waals surface area contributed by atoms with Crippen molar-refractivity contribution in [3.05, 3.63) is 0 Å². The van der Waals surface area contributed by atoms with E-state index >= 15 is 0 Å². The van der Waals surface area contributed by atoms with E-state index in [1.165, 1.54) is 0 Å². The number of nitrogens with one attached hydrogen (secondary N) is 1. The zero-order valence-corrected chi connectivity index (χ0v) is 12.4. The Kier molecular flexibility index (Phi) is 5.37. The maximum absolute atomic E-state index is 12.2. The molecule has 2 heterocycles. The molecule has 114 valence electrons. The standard InChI is InChI=1S/C14H25N3O3/c1-11(2)14(19)17-6-4-16(5-7-17)13(18)9-12-10-15-3-8-20-12/h11-12,15H,3-10H2,1-2H3. The molecule has 2 saturated heterocycles. The monoisotopic (exact) mass is 283 g/mol. The quantitative estimate of drug-likeness (QED) is 0.772. The molecular weight excluding hydrogens is 258 g/mol. The van der Waals surface area contributed by atoms with Crippen LogP contribution in [-0.4, -0.2) is 73.6 Å². The lowest BCUT2D eigenvalue weighted by Crippen LogP contribution is -2.52. The van der Waals surface area contributed by atoms with Crippen LogP contribution in [0.2, 0.25) is 0 Å². The third kappa shape index (κ3) is 3.93. The summed E-state index contributed by atoms with van der Waals surface area (Å²) in [5.41, 5.74) is 0. The average Bonchev–Trinajstić information content (AvgIpc) is 2.47. The molecule has 0 aromatic rings. The number of ether oxygens (including phenoxy) is 1. The summed E-state index contributed by atoms with van der Waals surface area (Å²) >= 11 is 0. The van der Waals surface area contributed by atoms with Crippen LogP contribution in [0.5, 0.6) is 0 Å². The minimum absolute atomic E-state index is 0.00780. The molecule has 0 aliphatic carbocycles. The van der Waals surface area contributed by atoms with Crippen molar-refractivity contribution < 1.29 is 14.3 Å². The predicted octanol–water partition coefficient (Wildman–Crippen LogP) is -0.308. The van der Waals surface area contributed by atoms with E-state index in [0.717, 1.165) is 13.1 Å². The molecule has 20 heavy (non-hydrogen) atoms. The summed E-state index contributed by atoms with van der Waals surface area (Å²) in [7, 11) is 0. The number of morpholine rings is 1. The first-order chi connectivity index (χ1) is 9.58. The lowest BCUT2D eigenvalue weighted by molar-refractivity contribution is -0.143. The third-order valence-corrected chi connectivity index (χ3v) is 3.84. The summed E-state index contributed by atoms with van der Waals surface area (Å²) < 4.78 is 5.56. The number of amides is 2. The Morgan fingerprint density at radius 2 is 1.85 bits per heavy atom. The van der Waals surface area contributed by atoms with Gasteiger partial charge in [0.05, 0.1) is 19.1 Å². The van der Waals surface area contributed by atoms with Crippen molar-refractivity contribution in [2.45, 2.75) is 26.4 Å². The fourth-order valence-corrected chi connectivity index (χ4v) is 2.62. The molecule has 2 aliphatic heterocycles.